The van der Waals surface area contributed by atoms with Crippen LogP contribution in [-0.2, 0) is 20.1 Å². The summed E-state index contributed by atoms with van der Waals surface area (Å²) in [5.74, 6) is 1.76. The molecule has 7 nitrogen and oxygen atoms in total. The van der Waals surface area contributed by atoms with Crippen molar-refractivity contribution in [3.8, 4) is 11.5 Å². The zero-order chi connectivity index (χ0) is 15.0. The smallest absolute Gasteiger partial charge is 0.184 e. The molecule has 0 atom stereocenters. The lowest BCUT2D eigenvalue weighted by Gasteiger charge is -2.19. The Kier molecular flexibility index (Phi) is 3.77. The second kappa shape index (κ2) is 5.57. The van der Waals surface area contributed by atoms with Gasteiger partial charge in [0.2, 0.25) is 0 Å². The Morgan fingerprint density at radius 1 is 1.19 bits per heavy atom. The number of nitrogens with zero attached hydrogens (tertiary/aromatic N) is 6. The molecule has 0 unspecified atom stereocenters. The van der Waals surface area contributed by atoms with Crippen LogP contribution >= 0.6 is 0 Å². The molecule has 1 N–H and O–H groups in total. The molecule has 1 aliphatic rings. The summed E-state index contributed by atoms with van der Waals surface area (Å²) in [7, 11) is 3.98. The average molecular weight is 289 g/mol. The van der Waals surface area contributed by atoms with Crippen LogP contribution in [0.2, 0.25) is 0 Å². The largest absolute Gasteiger partial charge is 0.313 e. The van der Waals surface area contributed by atoms with Crippen LogP contribution in [0.4, 0.5) is 0 Å². The van der Waals surface area contributed by atoms with Crippen molar-refractivity contribution in [2.75, 3.05) is 20.3 Å². The second-order valence-electron chi connectivity index (χ2n) is 5.69. The summed E-state index contributed by atoms with van der Waals surface area (Å²) >= 11 is 0. The number of aryl methyl sites for hydroxylation is 2. The van der Waals surface area contributed by atoms with Gasteiger partial charge in [0.1, 0.15) is 11.5 Å². The molecule has 3 rings (SSSR count). The zero-order valence-corrected chi connectivity index (χ0v) is 13.2. The van der Waals surface area contributed by atoms with E-state index < -0.39 is 0 Å². The van der Waals surface area contributed by atoms with Crippen molar-refractivity contribution in [3.63, 3.8) is 0 Å². The Morgan fingerprint density at radius 3 is 2.67 bits per heavy atom. The summed E-state index contributed by atoms with van der Waals surface area (Å²) < 4.78 is 4.14. The maximum Gasteiger partial charge on any atom is 0.184 e. The highest BCUT2D eigenvalue weighted by Crippen LogP contribution is 2.26. The quantitative estimate of drug-likeness (QED) is 0.900. The monoisotopic (exact) mass is 289 g/mol. The van der Waals surface area contributed by atoms with E-state index in [2.05, 4.69) is 32.0 Å². The van der Waals surface area contributed by atoms with Gasteiger partial charge in [-0.25, -0.2) is 0 Å². The molecule has 3 heterocycles. The number of hydrogen-bond acceptors (Lipinski definition) is 5. The first kappa shape index (κ1) is 14.2. The summed E-state index contributed by atoms with van der Waals surface area (Å²) in [4.78, 5) is 2.42. The van der Waals surface area contributed by atoms with Crippen LogP contribution in [0.3, 0.4) is 0 Å². The number of nitrogens with one attached hydrogen (secondary N) is 1. The van der Waals surface area contributed by atoms with E-state index in [4.69, 9.17) is 5.10 Å². The van der Waals surface area contributed by atoms with Crippen LogP contribution in [0.25, 0.3) is 11.5 Å². The van der Waals surface area contributed by atoms with Gasteiger partial charge in [-0.15, -0.1) is 10.2 Å². The molecule has 0 saturated carbocycles. The van der Waals surface area contributed by atoms with Crippen LogP contribution in [0, 0.1) is 13.8 Å². The minimum Gasteiger partial charge on any atom is -0.313 e. The maximum absolute atomic E-state index is 4.80. The molecule has 7 heteroatoms. The molecule has 0 bridgehead atoms. The van der Waals surface area contributed by atoms with Gasteiger partial charge in [0.15, 0.2) is 5.82 Å². The predicted octanol–water partition coefficient (Wildman–Crippen LogP) is 0.678. The third-order valence-electron chi connectivity index (χ3n) is 4.22. The Bertz CT molecular complexity index is 640. The molecule has 21 heavy (non-hydrogen) atoms. The standard InChI is InChI=1S/C14H23N7/c1-10-12-8-20(9-15-3)6-5-7-21(12)18-13(10)14-17-16-11(2)19(14)4/h15H,5-9H2,1-4H3. The lowest BCUT2D eigenvalue weighted by molar-refractivity contribution is 0.255. The van der Waals surface area contributed by atoms with Gasteiger partial charge in [-0.2, -0.15) is 5.10 Å². The summed E-state index contributed by atoms with van der Waals surface area (Å²) in [5.41, 5.74) is 3.46. The molecule has 0 saturated heterocycles. The van der Waals surface area contributed by atoms with Crippen molar-refractivity contribution in [1.82, 2.24) is 34.8 Å². The summed E-state index contributed by atoms with van der Waals surface area (Å²) in [6.45, 7) is 8.00. The van der Waals surface area contributed by atoms with Crippen LogP contribution in [0.1, 0.15) is 23.5 Å². The first-order valence-corrected chi connectivity index (χ1v) is 7.41. The minimum atomic E-state index is 0.853. The summed E-state index contributed by atoms with van der Waals surface area (Å²) in [6, 6.07) is 0. The van der Waals surface area contributed by atoms with E-state index in [0.717, 1.165) is 50.1 Å². The van der Waals surface area contributed by atoms with Gasteiger partial charge in [0, 0.05) is 38.9 Å². The Hall–Kier alpha value is -1.73. The van der Waals surface area contributed by atoms with E-state index in [1.54, 1.807) is 0 Å². The lowest BCUT2D eigenvalue weighted by Crippen LogP contribution is -2.32. The SMILES string of the molecule is CNCN1CCCn2nc(-c3nnc(C)n3C)c(C)c2C1. The highest BCUT2D eigenvalue weighted by atomic mass is 15.4. The van der Waals surface area contributed by atoms with Crippen LogP contribution in [-0.4, -0.2) is 49.7 Å². The third-order valence-corrected chi connectivity index (χ3v) is 4.22. The van der Waals surface area contributed by atoms with E-state index in [9.17, 15) is 0 Å². The first-order valence-electron chi connectivity index (χ1n) is 7.41. The molecule has 0 fully saturated rings. The molecular weight excluding hydrogens is 266 g/mol. The van der Waals surface area contributed by atoms with Crippen molar-refractivity contribution in [1.29, 1.82) is 0 Å². The molecule has 1 aliphatic heterocycles. The summed E-state index contributed by atoms with van der Waals surface area (Å²) in [6.07, 6.45) is 1.12. The van der Waals surface area contributed by atoms with Crippen LogP contribution in [0.5, 0.6) is 0 Å². The van der Waals surface area contributed by atoms with Crippen molar-refractivity contribution < 1.29 is 0 Å². The third kappa shape index (κ3) is 2.47. The number of rotatable bonds is 3. The molecule has 114 valence electrons. The van der Waals surface area contributed by atoms with Gasteiger partial charge in [-0.3, -0.25) is 9.58 Å². The van der Waals surface area contributed by atoms with E-state index in [0.29, 0.717) is 0 Å². The Balaban J connectivity index is 2.00. The van der Waals surface area contributed by atoms with Gasteiger partial charge in [0.25, 0.3) is 0 Å². The normalized spacial score (nSPS) is 16.0. The summed E-state index contributed by atoms with van der Waals surface area (Å²) in [5, 5.41) is 16.5. The Labute approximate surface area is 125 Å². The van der Waals surface area contributed by atoms with Crippen molar-refractivity contribution in [2.24, 2.45) is 7.05 Å². The maximum atomic E-state index is 4.80. The molecule has 0 aliphatic carbocycles. The minimum absolute atomic E-state index is 0.853. The average Bonchev–Trinajstić information content (AvgIpc) is 2.85. The molecule has 0 amide bonds. The fourth-order valence-corrected chi connectivity index (χ4v) is 2.89. The van der Waals surface area contributed by atoms with Crippen LogP contribution < -0.4 is 5.32 Å². The lowest BCUT2D eigenvalue weighted by atomic mass is 10.2. The number of hydrogen-bond donors (Lipinski definition) is 1. The Morgan fingerprint density at radius 2 is 2.00 bits per heavy atom. The van der Waals surface area contributed by atoms with Gasteiger partial charge in [-0.05, 0) is 27.3 Å². The molecule has 2 aromatic heterocycles. The molecule has 0 spiro atoms. The van der Waals surface area contributed by atoms with E-state index in [-0.39, 0.29) is 0 Å². The predicted molar refractivity (Wildman–Crippen MR) is 80.7 cm³/mol. The van der Waals surface area contributed by atoms with Crippen molar-refractivity contribution in [2.45, 2.75) is 33.4 Å². The zero-order valence-electron chi connectivity index (χ0n) is 13.2. The van der Waals surface area contributed by atoms with Crippen molar-refractivity contribution in [3.05, 3.63) is 17.1 Å². The van der Waals surface area contributed by atoms with Gasteiger partial charge in [0.05, 0.1) is 5.69 Å². The van der Waals surface area contributed by atoms with E-state index >= 15 is 0 Å². The van der Waals surface area contributed by atoms with E-state index in [1.165, 1.54) is 11.3 Å². The van der Waals surface area contributed by atoms with Gasteiger partial charge < -0.3 is 9.88 Å². The second-order valence-corrected chi connectivity index (χ2v) is 5.69. The number of aromatic nitrogens is 5. The molecule has 0 radical (unpaired) electrons. The van der Waals surface area contributed by atoms with Crippen LogP contribution in [0.15, 0.2) is 0 Å². The molecular formula is C14H23N7. The fraction of sp³-hybridized carbons (Fsp3) is 0.643. The highest BCUT2D eigenvalue weighted by Gasteiger charge is 2.23. The molecule has 0 aromatic carbocycles. The van der Waals surface area contributed by atoms with E-state index in [1.807, 2.05) is 25.6 Å². The van der Waals surface area contributed by atoms with Gasteiger partial charge >= 0.3 is 0 Å². The van der Waals surface area contributed by atoms with Crippen molar-refractivity contribution >= 4 is 0 Å². The first-order chi connectivity index (χ1) is 10.1. The highest BCUT2D eigenvalue weighted by molar-refractivity contribution is 5.56. The topological polar surface area (TPSA) is 63.8 Å². The van der Waals surface area contributed by atoms with Gasteiger partial charge in [-0.1, -0.05) is 0 Å². The number of fused-ring (bicyclic) bond motifs is 1. The fourth-order valence-electron chi connectivity index (χ4n) is 2.89. The molecule has 2 aromatic rings.